The number of nitrogens with one attached hydrogen (secondary N) is 3. The van der Waals surface area contributed by atoms with Gasteiger partial charge in [-0.05, 0) is 17.7 Å². The zero-order valence-electron chi connectivity index (χ0n) is 14.4. The van der Waals surface area contributed by atoms with Gasteiger partial charge in [0.2, 0.25) is 5.91 Å². The van der Waals surface area contributed by atoms with E-state index in [9.17, 15) is 14.7 Å². The fraction of sp³-hybridized carbons (Fsp3) is 0.368. The van der Waals surface area contributed by atoms with E-state index in [-0.39, 0.29) is 17.6 Å². The lowest BCUT2D eigenvalue weighted by atomic mass is 10.0. The van der Waals surface area contributed by atoms with Crippen LogP contribution in [0.2, 0.25) is 0 Å². The van der Waals surface area contributed by atoms with E-state index < -0.39 is 18.1 Å². The van der Waals surface area contributed by atoms with Gasteiger partial charge in [-0.25, -0.2) is 0 Å². The fourth-order valence-electron chi connectivity index (χ4n) is 2.98. The molecule has 2 aromatic rings. The first-order chi connectivity index (χ1) is 12.6. The van der Waals surface area contributed by atoms with Gasteiger partial charge in [0.05, 0.1) is 12.4 Å². The molecular weight excluding hydrogens is 334 g/mol. The highest BCUT2D eigenvalue weighted by atomic mass is 16.3. The summed E-state index contributed by atoms with van der Waals surface area (Å²) in [4.78, 5) is 24.9. The molecule has 3 atom stereocenters. The number of benzene rings is 1. The van der Waals surface area contributed by atoms with E-state index in [1.807, 2.05) is 30.3 Å². The lowest BCUT2D eigenvalue weighted by molar-refractivity contribution is -0.123. The van der Waals surface area contributed by atoms with Crippen LogP contribution in [0.3, 0.4) is 0 Å². The monoisotopic (exact) mass is 357 g/mol. The second kappa shape index (κ2) is 8.64. The SMILES string of the molecule is O=C(NC(Cc1ccccc1)C(=O)NCC1CNCC1O)c1ccco1. The van der Waals surface area contributed by atoms with Crippen LogP contribution >= 0.6 is 0 Å². The molecule has 0 spiro atoms. The Morgan fingerprint density at radius 3 is 2.65 bits per heavy atom. The van der Waals surface area contributed by atoms with Gasteiger partial charge >= 0.3 is 0 Å². The maximum absolute atomic E-state index is 12.7. The molecule has 3 rings (SSSR count). The normalized spacial score (nSPS) is 20.5. The molecule has 7 nitrogen and oxygen atoms in total. The molecule has 0 radical (unpaired) electrons. The summed E-state index contributed by atoms with van der Waals surface area (Å²) < 4.78 is 5.10. The van der Waals surface area contributed by atoms with Crippen LogP contribution < -0.4 is 16.0 Å². The number of amides is 2. The van der Waals surface area contributed by atoms with Crippen molar-refractivity contribution < 1.29 is 19.1 Å². The molecular formula is C19H23N3O4. The van der Waals surface area contributed by atoms with E-state index >= 15 is 0 Å². The van der Waals surface area contributed by atoms with E-state index in [0.29, 0.717) is 26.1 Å². The van der Waals surface area contributed by atoms with Crippen molar-refractivity contribution in [2.24, 2.45) is 5.92 Å². The number of aliphatic hydroxyl groups is 1. The number of rotatable bonds is 7. The number of furan rings is 1. The molecule has 1 saturated heterocycles. The summed E-state index contributed by atoms with van der Waals surface area (Å²) in [6.07, 6.45) is 1.31. The van der Waals surface area contributed by atoms with Crippen LogP contribution in [0.15, 0.2) is 53.1 Å². The number of carbonyl (C=O) groups is 2. The number of aliphatic hydroxyl groups excluding tert-OH is 1. The molecule has 0 saturated carbocycles. The summed E-state index contributed by atoms with van der Waals surface area (Å²) >= 11 is 0. The highest BCUT2D eigenvalue weighted by Crippen LogP contribution is 2.09. The van der Waals surface area contributed by atoms with E-state index in [4.69, 9.17) is 4.42 Å². The summed E-state index contributed by atoms with van der Waals surface area (Å²) in [5, 5.41) is 18.5. The molecule has 0 aliphatic carbocycles. The minimum absolute atomic E-state index is 0.0305. The molecule has 2 heterocycles. The van der Waals surface area contributed by atoms with Crippen molar-refractivity contribution in [1.82, 2.24) is 16.0 Å². The third-order valence-corrected chi connectivity index (χ3v) is 4.49. The molecule has 4 N–H and O–H groups in total. The lowest BCUT2D eigenvalue weighted by Crippen LogP contribution is -2.49. The number of β-amino-alcohol motifs (C(OH)–C–C–N with tert-alkyl or cyclic N) is 1. The zero-order valence-corrected chi connectivity index (χ0v) is 14.4. The molecule has 1 aliphatic heterocycles. The number of hydrogen-bond donors (Lipinski definition) is 4. The van der Waals surface area contributed by atoms with Crippen molar-refractivity contribution in [1.29, 1.82) is 0 Å². The quantitative estimate of drug-likeness (QED) is 0.571. The van der Waals surface area contributed by atoms with Gasteiger partial charge in [-0.3, -0.25) is 9.59 Å². The van der Waals surface area contributed by atoms with E-state index in [1.54, 1.807) is 12.1 Å². The Kier molecular flexibility index (Phi) is 6.04. The highest BCUT2D eigenvalue weighted by molar-refractivity contribution is 5.95. The van der Waals surface area contributed by atoms with Gasteiger partial charge in [0.15, 0.2) is 5.76 Å². The molecule has 3 unspecified atom stereocenters. The van der Waals surface area contributed by atoms with Gasteiger partial charge in [0.25, 0.3) is 5.91 Å². The van der Waals surface area contributed by atoms with Crippen LogP contribution in [0, 0.1) is 5.92 Å². The first-order valence-corrected chi connectivity index (χ1v) is 8.68. The third-order valence-electron chi connectivity index (χ3n) is 4.49. The summed E-state index contributed by atoms with van der Waals surface area (Å²) in [5.74, 6) is -0.593. The Hall–Kier alpha value is -2.64. The smallest absolute Gasteiger partial charge is 0.287 e. The standard InChI is InChI=1S/C19H23N3O4/c23-16-12-20-10-14(16)11-21-18(24)15(9-13-5-2-1-3-6-13)22-19(25)17-7-4-8-26-17/h1-8,14-16,20,23H,9-12H2,(H,21,24)(H,22,25). The predicted molar refractivity (Wildman–Crippen MR) is 95.5 cm³/mol. The zero-order chi connectivity index (χ0) is 18.4. The van der Waals surface area contributed by atoms with Crippen molar-refractivity contribution in [3.05, 3.63) is 60.1 Å². The maximum atomic E-state index is 12.7. The Bertz CT molecular complexity index is 718. The second-order valence-electron chi connectivity index (χ2n) is 6.42. The van der Waals surface area contributed by atoms with Gasteiger partial charge in [0.1, 0.15) is 6.04 Å². The molecule has 2 amide bonds. The maximum Gasteiger partial charge on any atom is 0.287 e. The van der Waals surface area contributed by atoms with Gasteiger partial charge in [-0.15, -0.1) is 0 Å². The van der Waals surface area contributed by atoms with Crippen LogP contribution in [-0.4, -0.2) is 48.7 Å². The molecule has 1 aromatic carbocycles. The molecule has 1 aliphatic rings. The molecule has 1 fully saturated rings. The molecule has 138 valence electrons. The average molecular weight is 357 g/mol. The van der Waals surface area contributed by atoms with Crippen LogP contribution in [0.25, 0.3) is 0 Å². The van der Waals surface area contributed by atoms with Crippen molar-refractivity contribution in [2.45, 2.75) is 18.6 Å². The second-order valence-corrected chi connectivity index (χ2v) is 6.42. The van der Waals surface area contributed by atoms with Crippen molar-refractivity contribution >= 4 is 11.8 Å². The molecule has 26 heavy (non-hydrogen) atoms. The highest BCUT2D eigenvalue weighted by Gasteiger charge is 2.27. The minimum atomic E-state index is -0.735. The number of hydrogen-bond acceptors (Lipinski definition) is 5. The Balaban J connectivity index is 1.64. The van der Waals surface area contributed by atoms with Crippen molar-refractivity contribution in [3.63, 3.8) is 0 Å². The van der Waals surface area contributed by atoms with Crippen molar-refractivity contribution in [3.8, 4) is 0 Å². The fourth-order valence-corrected chi connectivity index (χ4v) is 2.98. The summed E-state index contributed by atoms with van der Waals surface area (Å²) in [6.45, 7) is 1.54. The van der Waals surface area contributed by atoms with E-state index in [1.165, 1.54) is 6.26 Å². The van der Waals surface area contributed by atoms with Crippen LogP contribution in [0.4, 0.5) is 0 Å². The number of carbonyl (C=O) groups excluding carboxylic acids is 2. The first kappa shape index (κ1) is 18.2. The van der Waals surface area contributed by atoms with Gasteiger partial charge in [-0.1, -0.05) is 30.3 Å². The lowest BCUT2D eigenvalue weighted by Gasteiger charge is -2.20. The average Bonchev–Trinajstić information content (AvgIpc) is 3.32. The predicted octanol–water partition coefficient (Wildman–Crippen LogP) is 0.317. The minimum Gasteiger partial charge on any atom is -0.459 e. The van der Waals surface area contributed by atoms with Crippen molar-refractivity contribution in [2.75, 3.05) is 19.6 Å². The first-order valence-electron chi connectivity index (χ1n) is 8.68. The molecule has 1 aromatic heterocycles. The largest absolute Gasteiger partial charge is 0.459 e. The Morgan fingerprint density at radius 1 is 1.19 bits per heavy atom. The van der Waals surface area contributed by atoms with Crippen LogP contribution in [-0.2, 0) is 11.2 Å². The summed E-state index contributed by atoms with van der Waals surface area (Å²) in [6, 6.07) is 11.9. The summed E-state index contributed by atoms with van der Waals surface area (Å²) in [7, 11) is 0. The van der Waals surface area contributed by atoms with Gasteiger partial charge < -0.3 is 25.5 Å². The van der Waals surface area contributed by atoms with Crippen LogP contribution in [0.5, 0.6) is 0 Å². The van der Waals surface area contributed by atoms with E-state index in [0.717, 1.165) is 5.56 Å². The molecule has 7 heteroatoms. The van der Waals surface area contributed by atoms with Gasteiger partial charge in [0, 0.05) is 32.0 Å². The van der Waals surface area contributed by atoms with E-state index in [2.05, 4.69) is 16.0 Å². The van der Waals surface area contributed by atoms with Gasteiger partial charge in [-0.2, -0.15) is 0 Å². The third kappa shape index (κ3) is 4.71. The molecule has 0 bridgehead atoms. The van der Waals surface area contributed by atoms with Crippen LogP contribution in [0.1, 0.15) is 16.1 Å². The summed E-state index contributed by atoms with van der Waals surface area (Å²) in [5.41, 5.74) is 0.940. The Morgan fingerprint density at radius 2 is 2.00 bits per heavy atom. The topological polar surface area (TPSA) is 104 Å². The Labute approximate surface area is 151 Å².